The van der Waals surface area contributed by atoms with Crippen LogP contribution in [0.3, 0.4) is 0 Å². The van der Waals surface area contributed by atoms with Crippen LogP contribution in [-0.2, 0) is 10.0 Å². The molecule has 4 rings (SSSR count). The zero-order valence-electron chi connectivity index (χ0n) is 18.9. The highest BCUT2D eigenvalue weighted by Crippen LogP contribution is 2.41. The van der Waals surface area contributed by atoms with Crippen molar-refractivity contribution in [2.75, 3.05) is 32.7 Å². The van der Waals surface area contributed by atoms with Gasteiger partial charge in [-0.1, -0.05) is 24.3 Å². The Balaban J connectivity index is 1.16. The third kappa shape index (κ3) is 6.19. The summed E-state index contributed by atoms with van der Waals surface area (Å²) in [6.07, 6.45) is 3.19. The number of piperidine rings is 1. The predicted octanol–water partition coefficient (Wildman–Crippen LogP) is 2.08. The van der Waals surface area contributed by atoms with E-state index in [4.69, 9.17) is 5.21 Å². The second kappa shape index (κ2) is 10.9. The number of carbonyl (C=O) groups is 1. The molecule has 2 atom stereocenters. The fourth-order valence-electron chi connectivity index (χ4n) is 4.60. The van der Waals surface area contributed by atoms with E-state index in [1.165, 1.54) is 47.4 Å². The van der Waals surface area contributed by atoms with Crippen LogP contribution in [-0.4, -0.2) is 63.2 Å². The van der Waals surface area contributed by atoms with E-state index in [2.05, 4.69) is 14.9 Å². The summed E-state index contributed by atoms with van der Waals surface area (Å²) in [7, 11) is -3.88. The van der Waals surface area contributed by atoms with Gasteiger partial charge in [0.15, 0.2) is 0 Å². The maximum absolute atomic E-state index is 13.1. The molecule has 0 radical (unpaired) electrons. The van der Waals surface area contributed by atoms with Crippen molar-refractivity contribution >= 4 is 15.9 Å². The van der Waals surface area contributed by atoms with Crippen LogP contribution in [0.15, 0.2) is 53.4 Å². The Morgan fingerprint density at radius 3 is 2.50 bits per heavy atom. The zero-order valence-corrected chi connectivity index (χ0v) is 19.7. The molecular formula is C24H31FN4O4S. The minimum atomic E-state index is -3.88. The van der Waals surface area contributed by atoms with Crippen LogP contribution < -0.4 is 15.5 Å². The number of halogens is 1. The van der Waals surface area contributed by atoms with E-state index < -0.39 is 15.9 Å². The fraction of sp³-hybridized carbons (Fsp3) is 0.458. The number of sulfonamides is 1. The van der Waals surface area contributed by atoms with E-state index in [0.29, 0.717) is 24.4 Å². The van der Waals surface area contributed by atoms with Gasteiger partial charge in [0.1, 0.15) is 5.82 Å². The summed E-state index contributed by atoms with van der Waals surface area (Å²) in [4.78, 5) is 13.8. The average Bonchev–Trinajstić information content (AvgIpc) is 3.63. The maximum atomic E-state index is 13.1. The van der Waals surface area contributed by atoms with E-state index in [9.17, 15) is 17.6 Å². The normalized spacial score (nSPS) is 21.4. The molecule has 0 aromatic heterocycles. The minimum absolute atomic E-state index is 0.108. The van der Waals surface area contributed by atoms with Crippen molar-refractivity contribution < 1.29 is 22.8 Å². The third-order valence-electron chi connectivity index (χ3n) is 6.71. The van der Waals surface area contributed by atoms with Crippen LogP contribution in [0, 0.1) is 11.7 Å². The molecule has 0 bridgehead atoms. The number of hydrogen-bond donors (Lipinski definition) is 4. The number of likely N-dealkylation sites (tertiary alicyclic amines) is 1. The lowest BCUT2D eigenvalue weighted by atomic mass is 9.96. The van der Waals surface area contributed by atoms with Gasteiger partial charge in [-0.05, 0) is 74.6 Å². The molecule has 1 aliphatic heterocycles. The maximum Gasteiger partial charge on any atom is 0.276 e. The molecule has 1 saturated heterocycles. The molecule has 184 valence electrons. The third-order valence-corrected chi connectivity index (χ3v) is 8.23. The number of nitrogens with one attached hydrogen (secondary N) is 3. The van der Waals surface area contributed by atoms with Gasteiger partial charge in [-0.2, -0.15) is 0 Å². The monoisotopic (exact) mass is 490 g/mol. The van der Waals surface area contributed by atoms with Crippen LogP contribution >= 0.6 is 0 Å². The molecule has 10 heteroatoms. The van der Waals surface area contributed by atoms with Gasteiger partial charge >= 0.3 is 0 Å². The van der Waals surface area contributed by atoms with Gasteiger partial charge < -0.3 is 10.2 Å². The van der Waals surface area contributed by atoms with Crippen LogP contribution in [0.5, 0.6) is 0 Å². The van der Waals surface area contributed by atoms with Gasteiger partial charge in [0, 0.05) is 25.0 Å². The van der Waals surface area contributed by atoms with Crippen LogP contribution in [0.25, 0.3) is 0 Å². The Labute approximate surface area is 199 Å². The molecule has 2 unspecified atom stereocenters. The molecule has 4 N–H and O–H groups in total. The van der Waals surface area contributed by atoms with Crippen molar-refractivity contribution in [3.05, 3.63) is 65.5 Å². The number of rotatable bonds is 10. The first-order valence-electron chi connectivity index (χ1n) is 11.6. The molecular weight excluding hydrogens is 459 g/mol. The summed E-state index contributed by atoms with van der Waals surface area (Å²) < 4.78 is 40.9. The molecule has 34 heavy (non-hydrogen) atoms. The highest BCUT2D eigenvalue weighted by Gasteiger charge is 2.38. The lowest BCUT2D eigenvalue weighted by Crippen LogP contribution is -2.41. The number of carbonyl (C=O) groups excluding carboxylic acids is 1. The van der Waals surface area contributed by atoms with Gasteiger partial charge in [-0.25, -0.2) is 23.0 Å². The molecule has 1 aliphatic carbocycles. The number of benzene rings is 2. The molecule has 2 aromatic rings. The van der Waals surface area contributed by atoms with E-state index in [1.807, 2.05) is 12.1 Å². The molecule has 8 nitrogen and oxygen atoms in total. The van der Waals surface area contributed by atoms with Crippen LogP contribution in [0.4, 0.5) is 4.39 Å². The summed E-state index contributed by atoms with van der Waals surface area (Å²) in [5.41, 5.74) is 2.56. The number of hydrogen-bond acceptors (Lipinski definition) is 6. The van der Waals surface area contributed by atoms with Gasteiger partial charge in [-0.3, -0.25) is 10.0 Å². The van der Waals surface area contributed by atoms with Crippen molar-refractivity contribution in [3.8, 4) is 0 Å². The van der Waals surface area contributed by atoms with Crippen molar-refractivity contribution in [3.63, 3.8) is 0 Å². The minimum Gasteiger partial charge on any atom is -0.313 e. The fourth-order valence-corrected chi connectivity index (χ4v) is 5.82. The predicted molar refractivity (Wildman–Crippen MR) is 126 cm³/mol. The molecule has 1 saturated carbocycles. The van der Waals surface area contributed by atoms with Crippen molar-refractivity contribution in [2.45, 2.75) is 36.1 Å². The molecule has 2 aliphatic rings. The first kappa shape index (κ1) is 24.7. The molecule has 1 heterocycles. The Morgan fingerprint density at radius 1 is 1.09 bits per heavy atom. The van der Waals surface area contributed by atoms with E-state index >= 15 is 0 Å². The Kier molecular flexibility index (Phi) is 7.95. The SMILES string of the molecule is O=C(NO)c1ccccc1S(=O)(=O)NCCN1CCC(CNC2CC2c2ccc(F)cc2)CC1. The van der Waals surface area contributed by atoms with E-state index in [0.717, 1.165) is 38.9 Å². The first-order chi connectivity index (χ1) is 16.4. The zero-order chi connectivity index (χ0) is 24.1. The molecule has 2 fully saturated rings. The van der Waals surface area contributed by atoms with E-state index in [1.54, 1.807) is 0 Å². The van der Waals surface area contributed by atoms with Gasteiger partial charge in [0.05, 0.1) is 10.5 Å². The molecule has 2 aromatic carbocycles. The van der Waals surface area contributed by atoms with Crippen LogP contribution in [0.1, 0.15) is 41.1 Å². The van der Waals surface area contributed by atoms with Crippen molar-refractivity contribution in [1.29, 1.82) is 0 Å². The lowest BCUT2D eigenvalue weighted by molar-refractivity contribution is 0.0702. The number of amides is 1. The second-order valence-corrected chi connectivity index (χ2v) is 10.8. The van der Waals surface area contributed by atoms with Crippen LogP contribution in [0.2, 0.25) is 0 Å². The Hall–Kier alpha value is -2.37. The average molecular weight is 491 g/mol. The summed E-state index contributed by atoms with van der Waals surface area (Å²) in [6, 6.07) is 13.0. The largest absolute Gasteiger partial charge is 0.313 e. The lowest BCUT2D eigenvalue weighted by Gasteiger charge is -2.32. The topological polar surface area (TPSA) is 111 Å². The van der Waals surface area contributed by atoms with Gasteiger partial charge in [0.2, 0.25) is 10.0 Å². The highest BCUT2D eigenvalue weighted by molar-refractivity contribution is 7.89. The Bertz CT molecular complexity index is 1090. The number of hydroxylamine groups is 1. The van der Waals surface area contributed by atoms with Crippen molar-refractivity contribution in [1.82, 2.24) is 20.4 Å². The first-order valence-corrected chi connectivity index (χ1v) is 13.1. The highest BCUT2D eigenvalue weighted by atomic mass is 32.2. The van der Waals surface area contributed by atoms with Crippen molar-refractivity contribution in [2.24, 2.45) is 5.92 Å². The quantitative estimate of drug-likeness (QED) is 0.300. The Morgan fingerprint density at radius 2 is 1.79 bits per heavy atom. The standard InChI is InChI=1S/C24H31FN4O4S/c25-19-7-5-18(6-8-19)21-15-22(21)26-16-17-9-12-29(13-10-17)14-11-27-34(32,33)23-4-2-1-3-20(23)24(30)28-31/h1-8,17,21-22,26-27,31H,9-16H2,(H,28,30). The summed E-state index contributed by atoms with van der Waals surface area (Å²) in [6.45, 7) is 3.60. The summed E-state index contributed by atoms with van der Waals surface area (Å²) in [5.74, 6) is -0.00667. The summed E-state index contributed by atoms with van der Waals surface area (Å²) in [5, 5.41) is 12.5. The molecule has 0 spiro atoms. The van der Waals surface area contributed by atoms with E-state index in [-0.39, 0.29) is 22.8 Å². The summed E-state index contributed by atoms with van der Waals surface area (Å²) >= 11 is 0. The number of nitrogens with zero attached hydrogens (tertiary/aromatic N) is 1. The second-order valence-electron chi connectivity index (χ2n) is 9.03. The van der Waals surface area contributed by atoms with Gasteiger partial charge in [-0.15, -0.1) is 0 Å². The smallest absolute Gasteiger partial charge is 0.276 e. The molecule has 1 amide bonds. The van der Waals surface area contributed by atoms with Gasteiger partial charge in [0.25, 0.3) is 5.91 Å².